The molecular formula is C23H37N9O18P2. The molecular weight excluding hydrogens is 752 g/mol. The van der Waals surface area contributed by atoms with Gasteiger partial charge >= 0.3 is 15.6 Å². The summed E-state index contributed by atoms with van der Waals surface area (Å²) in [5.41, 5.74) is 12.7. The van der Waals surface area contributed by atoms with Crippen molar-refractivity contribution in [3.05, 3.63) is 27.1 Å². The van der Waals surface area contributed by atoms with E-state index < -0.39 is 95.5 Å². The van der Waals surface area contributed by atoms with Gasteiger partial charge in [0.15, 0.2) is 23.7 Å². The van der Waals surface area contributed by atoms with Crippen molar-refractivity contribution in [2.24, 2.45) is 5.11 Å². The first-order valence-electron chi connectivity index (χ1n) is 15.1. The molecule has 0 aromatic carbocycles. The summed E-state index contributed by atoms with van der Waals surface area (Å²) in [5.74, 6) is -0.893. The first-order chi connectivity index (χ1) is 24.5. The molecule has 11 atom stereocenters. The van der Waals surface area contributed by atoms with E-state index in [1.165, 1.54) is 0 Å². The van der Waals surface area contributed by atoms with Crippen LogP contribution in [-0.2, 0) is 46.2 Å². The molecule has 2 aromatic heterocycles. The molecule has 2 fully saturated rings. The molecule has 2 aromatic rings. The van der Waals surface area contributed by atoms with Crippen LogP contribution < -0.4 is 16.6 Å². The second-order valence-electron chi connectivity index (χ2n) is 11.0. The van der Waals surface area contributed by atoms with Crippen molar-refractivity contribution in [3.63, 3.8) is 0 Å². The lowest BCUT2D eigenvalue weighted by atomic mass is 9.99. The number of H-pyrrole nitrogens is 1. The summed E-state index contributed by atoms with van der Waals surface area (Å²) in [6.07, 6.45) is -15.5. The van der Waals surface area contributed by atoms with Crippen LogP contribution in [0.2, 0.25) is 0 Å². The van der Waals surface area contributed by atoms with Crippen LogP contribution in [0, 0.1) is 0 Å². The zero-order chi connectivity index (χ0) is 38.2. The van der Waals surface area contributed by atoms with Gasteiger partial charge in [0.2, 0.25) is 11.9 Å². The summed E-state index contributed by atoms with van der Waals surface area (Å²) in [6.45, 7) is -0.924. The minimum absolute atomic E-state index is 0.0366. The second-order valence-corrected chi connectivity index (χ2v) is 14.0. The third kappa shape index (κ3) is 10.9. The number of imidazole rings is 1. The van der Waals surface area contributed by atoms with E-state index in [9.17, 15) is 54.0 Å². The van der Waals surface area contributed by atoms with E-state index in [4.69, 9.17) is 30.2 Å². The number of hydrogen-bond acceptors (Lipinski definition) is 20. The smallest absolute Gasteiger partial charge is 0.388 e. The van der Waals surface area contributed by atoms with E-state index >= 15 is 0 Å². The quantitative estimate of drug-likeness (QED) is 0.0215. The Morgan fingerprint density at radius 3 is 2.42 bits per heavy atom. The van der Waals surface area contributed by atoms with Crippen LogP contribution >= 0.6 is 15.6 Å². The molecule has 2 aliphatic rings. The standard InChI is InChI=1S/C23H37N9O18P2/c24-23-29-19-13(20(39)30-23)27-9-32(19)21-17(37)15(35)11(47-21)8-46-51(40,41)50-52(42,43)49-22-18(38)16(36)14(34)10(48-22)7-26-12(33)1-3-44-5-6-45-4-2-28-31-25/h9-11,14-18,21-22,34-38H,1-8H2,(H,26,33)(H,40,41)(H,42,43)(H3,24,29,30,39)/t10?,11-,14-,15?,16?,17?,18?,21-,22-/m1/s1. The van der Waals surface area contributed by atoms with Crippen LogP contribution in [0.3, 0.4) is 0 Å². The zero-order valence-electron chi connectivity index (χ0n) is 26.7. The van der Waals surface area contributed by atoms with Gasteiger partial charge in [-0.2, -0.15) is 9.29 Å². The van der Waals surface area contributed by atoms with Crippen molar-refractivity contribution in [1.82, 2.24) is 24.8 Å². The second kappa shape index (κ2) is 18.2. The Morgan fingerprint density at radius 2 is 1.71 bits per heavy atom. The lowest BCUT2D eigenvalue weighted by Gasteiger charge is -2.40. The lowest BCUT2D eigenvalue weighted by molar-refractivity contribution is -0.273. The number of nitrogens with two attached hydrogens (primary N) is 1. The molecule has 11 N–H and O–H groups in total. The van der Waals surface area contributed by atoms with Gasteiger partial charge in [0, 0.05) is 24.4 Å². The van der Waals surface area contributed by atoms with Crippen LogP contribution in [0.5, 0.6) is 0 Å². The Balaban J connectivity index is 1.25. The summed E-state index contributed by atoms with van der Waals surface area (Å²) >= 11 is 0. The van der Waals surface area contributed by atoms with Crippen LogP contribution in [0.15, 0.2) is 16.2 Å². The minimum atomic E-state index is -5.71. The highest BCUT2D eigenvalue weighted by atomic mass is 31.3. The van der Waals surface area contributed by atoms with Crippen LogP contribution in [-0.4, -0.2) is 156 Å². The van der Waals surface area contributed by atoms with Crippen molar-refractivity contribution in [3.8, 4) is 0 Å². The summed E-state index contributed by atoms with van der Waals surface area (Å²) < 4.78 is 60.9. The number of phosphoric ester groups is 2. The number of carbonyl (C=O) groups excluding carboxylic acids is 1. The number of azide groups is 1. The van der Waals surface area contributed by atoms with Crippen molar-refractivity contribution >= 4 is 38.7 Å². The molecule has 0 spiro atoms. The fourth-order valence-electron chi connectivity index (χ4n) is 4.81. The van der Waals surface area contributed by atoms with Crippen LogP contribution in [0.4, 0.5) is 5.95 Å². The Labute approximate surface area is 291 Å². The highest BCUT2D eigenvalue weighted by molar-refractivity contribution is 7.61. The molecule has 7 unspecified atom stereocenters. The molecule has 27 nitrogen and oxygen atoms in total. The number of aromatic nitrogens is 4. The maximum Gasteiger partial charge on any atom is 0.483 e. The highest BCUT2D eigenvalue weighted by Crippen LogP contribution is 2.61. The number of ether oxygens (including phenoxy) is 4. The van der Waals surface area contributed by atoms with E-state index in [-0.39, 0.29) is 56.5 Å². The first kappa shape index (κ1) is 41.6. The number of aliphatic hydroxyl groups is 5. The molecule has 52 heavy (non-hydrogen) atoms. The molecule has 0 saturated carbocycles. The predicted molar refractivity (Wildman–Crippen MR) is 166 cm³/mol. The number of nitrogen functional groups attached to an aromatic ring is 1. The minimum Gasteiger partial charge on any atom is -0.388 e. The molecule has 0 bridgehead atoms. The molecule has 2 aliphatic heterocycles. The van der Waals surface area contributed by atoms with E-state index in [0.29, 0.717) is 0 Å². The Bertz CT molecular complexity index is 1730. The van der Waals surface area contributed by atoms with Gasteiger partial charge in [-0.25, -0.2) is 14.1 Å². The Hall–Kier alpha value is -3.17. The molecule has 0 radical (unpaired) electrons. The van der Waals surface area contributed by atoms with Gasteiger partial charge in [-0.1, -0.05) is 5.11 Å². The number of nitrogens with zero attached hydrogens (tertiary/aromatic N) is 6. The van der Waals surface area contributed by atoms with Crippen LogP contribution in [0.25, 0.3) is 21.6 Å². The molecule has 0 aliphatic carbocycles. The number of amides is 1. The number of anilines is 1. The molecule has 292 valence electrons. The number of carbonyl (C=O) groups is 1. The van der Waals surface area contributed by atoms with Gasteiger partial charge in [0.05, 0.1) is 39.4 Å². The van der Waals surface area contributed by atoms with Crippen molar-refractivity contribution in [2.75, 3.05) is 51.9 Å². The van der Waals surface area contributed by atoms with Gasteiger partial charge in [-0.3, -0.25) is 28.2 Å². The van der Waals surface area contributed by atoms with Gasteiger partial charge in [0.25, 0.3) is 5.56 Å². The molecule has 4 heterocycles. The number of phosphoric acid groups is 2. The van der Waals surface area contributed by atoms with E-state index in [1.807, 2.05) is 0 Å². The average molecular weight is 790 g/mol. The molecule has 4 rings (SSSR count). The Kier molecular flexibility index (Phi) is 14.6. The molecule has 2 saturated heterocycles. The average Bonchev–Trinajstić information content (AvgIpc) is 3.61. The highest BCUT2D eigenvalue weighted by Gasteiger charge is 2.50. The zero-order valence-corrected chi connectivity index (χ0v) is 28.5. The van der Waals surface area contributed by atoms with Gasteiger partial charge in [0.1, 0.15) is 42.7 Å². The maximum absolute atomic E-state index is 12.6. The summed E-state index contributed by atoms with van der Waals surface area (Å²) in [5, 5.41) is 57.4. The van der Waals surface area contributed by atoms with Crippen molar-refractivity contribution in [2.45, 2.75) is 61.7 Å². The largest absolute Gasteiger partial charge is 0.483 e. The lowest BCUT2D eigenvalue weighted by Crippen LogP contribution is -2.60. The number of aliphatic hydroxyl groups excluding tert-OH is 5. The summed E-state index contributed by atoms with van der Waals surface area (Å²) in [4.78, 5) is 57.1. The normalized spacial score (nSPS) is 30.0. The van der Waals surface area contributed by atoms with Crippen molar-refractivity contribution in [1.29, 1.82) is 0 Å². The Morgan fingerprint density at radius 1 is 1.02 bits per heavy atom. The van der Waals surface area contributed by atoms with E-state index in [2.05, 4.69) is 43.7 Å². The SMILES string of the molecule is [N-]=[N+]=NCCOCCOCCC(=O)NCC1O[C@H](OP(=O)(O)OP(=O)(O)OC[C@H]2O[C@@H](n3cnc4c(=O)[nH]c(N)nc43)C(O)C2O)C(O)C(O)[C@@H]1O. The summed E-state index contributed by atoms with van der Waals surface area (Å²) in [6, 6.07) is 0. The molecule has 1 amide bonds. The number of hydrogen-bond donors (Lipinski definition) is 10. The van der Waals surface area contributed by atoms with Crippen molar-refractivity contribution < 1.29 is 81.5 Å². The number of rotatable bonds is 19. The number of fused-ring (bicyclic) bond motifs is 1. The predicted octanol–water partition coefficient (Wildman–Crippen LogP) is -3.77. The monoisotopic (exact) mass is 789 g/mol. The maximum atomic E-state index is 12.6. The number of aromatic amines is 1. The summed E-state index contributed by atoms with van der Waals surface area (Å²) in [7, 11) is -11.3. The third-order valence-corrected chi connectivity index (χ3v) is 9.92. The van der Waals surface area contributed by atoms with Gasteiger partial charge < -0.3 is 65.3 Å². The first-order valence-corrected chi connectivity index (χ1v) is 18.1. The third-order valence-electron chi connectivity index (χ3n) is 7.32. The van der Waals surface area contributed by atoms with Gasteiger partial charge in [-0.05, 0) is 5.53 Å². The van der Waals surface area contributed by atoms with Gasteiger partial charge in [-0.15, -0.1) is 0 Å². The van der Waals surface area contributed by atoms with Crippen LogP contribution in [0.1, 0.15) is 12.6 Å². The van der Waals surface area contributed by atoms with E-state index in [1.54, 1.807) is 0 Å². The fourth-order valence-corrected chi connectivity index (χ4v) is 6.97. The molecule has 29 heteroatoms. The van der Waals surface area contributed by atoms with E-state index in [0.717, 1.165) is 10.9 Å². The topological polar surface area (TPSA) is 408 Å². The number of nitrogens with one attached hydrogen (secondary N) is 2. The fraction of sp³-hybridized carbons (Fsp3) is 0.739.